The Kier molecular flexibility index (Phi) is 13.5. The standard InChI is InChI=1S/2C7H7.2HI.Ti/c2*1-7-5-3-2-4-6-7;;;/h2*3-6H,1H3;2*1H;/q2*-1;;;+2/p-2. The van der Waals surface area contributed by atoms with E-state index >= 15 is 0 Å². The maximum absolute atomic E-state index is 2.93. The molecular formula is C14H14I2Ti-2. The summed E-state index contributed by atoms with van der Waals surface area (Å²) in [5.74, 6) is 0. The van der Waals surface area contributed by atoms with Crippen molar-refractivity contribution in [1.82, 2.24) is 0 Å². The molecule has 0 amide bonds. The van der Waals surface area contributed by atoms with E-state index in [1.807, 2.05) is 48.5 Å². The molecule has 0 atom stereocenters. The first-order valence-corrected chi connectivity index (χ1v) is 15.1. The van der Waals surface area contributed by atoms with E-state index in [0.29, 0.717) is 11.7 Å². The van der Waals surface area contributed by atoms with E-state index in [2.05, 4.69) is 64.4 Å². The van der Waals surface area contributed by atoms with Crippen LogP contribution in [0.3, 0.4) is 0 Å². The van der Waals surface area contributed by atoms with Crippen LogP contribution in [0, 0.1) is 26.0 Å². The molecule has 2 aromatic carbocycles. The minimum atomic E-state index is 0.440. The van der Waals surface area contributed by atoms with Gasteiger partial charge in [0, 0.05) is 0 Å². The molecule has 0 aliphatic carbocycles. The quantitative estimate of drug-likeness (QED) is 0.269. The monoisotopic (exact) mass is 484 g/mol. The molecular weight excluding hydrogens is 470 g/mol. The summed E-state index contributed by atoms with van der Waals surface area (Å²) < 4.78 is 0. The fourth-order valence-electron chi connectivity index (χ4n) is 0.940. The summed E-state index contributed by atoms with van der Waals surface area (Å²) in [5.41, 5.74) is 2.58. The van der Waals surface area contributed by atoms with Gasteiger partial charge in [0.2, 0.25) is 0 Å². The molecule has 0 bridgehead atoms. The third kappa shape index (κ3) is 12.9. The molecule has 2 aromatic rings. The zero-order valence-corrected chi connectivity index (χ0v) is 15.8. The van der Waals surface area contributed by atoms with Gasteiger partial charge < -0.3 is 0 Å². The third-order valence-corrected chi connectivity index (χ3v) is 1.77. The predicted octanol–water partition coefficient (Wildman–Crippen LogP) is 5.36. The van der Waals surface area contributed by atoms with Gasteiger partial charge in [-0.1, -0.05) is 13.8 Å². The second-order valence-electron chi connectivity index (χ2n) is 3.23. The first-order chi connectivity index (χ1) is 8.20. The molecule has 0 heterocycles. The van der Waals surface area contributed by atoms with Crippen LogP contribution in [0.25, 0.3) is 0 Å². The fraction of sp³-hybridized carbons (Fsp3) is 0.143. The van der Waals surface area contributed by atoms with Gasteiger partial charge in [-0.3, -0.25) is 0 Å². The van der Waals surface area contributed by atoms with E-state index in [-0.39, 0.29) is 0 Å². The van der Waals surface area contributed by atoms with Gasteiger partial charge in [-0.25, -0.2) is 0 Å². The molecule has 0 saturated heterocycles. The van der Waals surface area contributed by atoms with Crippen LogP contribution in [0.4, 0.5) is 0 Å². The van der Waals surface area contributed by atoms with Crippen LogP contribution < -0.4 is 0 Å². The van der Waals surface area contributed by atoms with E-state index in [4.69, 9.17) is 0 Å². The second-order valence-corrected chi connectivity index (χ2v) is 16.4. The van der Waals surface area contributed by atoms with Crippen LogP contribution in [0.5, 0.6) is 0 Å². The van der Waals surface area contributed by atoms with Crippen molar-refractivity contribution in [3.8, 4) is 0 Å². The van der Waals surface area contributed by atoms with Crippen molar-refractivity contribution < 1.29 is 11.7 Å². The molecule has 0 spiro atoms. The molecule has 0 N–H and O–H groups in total. The summed E-state index contributed by atoms with van der Waals surface area (Å²) >= 11 is 5.24. The number of benzene rings is 2. The SMILES string of the molecule is Cc1cc[c-]cc1.Cc1cc[c-]cc1.[I][Ti][I]. The van der Waals surface area contributed by atoms with E-state index < -0.39 is 0 Å². The molecule has 0 aromatic heterocycles. The second kappa shape index (κ2) is 13.1. The molecule has 0 radical (unpaired) electrons. The number of hydrogen-bond donors (Lipinski definition) is 0. The van der Waals surface area contributed by atoms with Gasteiger partial charge in [0.15, 0.2) is 0 Å². The van der Waals surface area contributed by atoms with E-state index in [1.165, 1.54) is 11.1 Å². The van der Waals surface area contributed by atoms with Gasteiger partial charge in [-0.05, 0) is 0 Å². The van der Waals surface area contributed by atoms with Crippen LogP contribution in [0.15, 0.2) is 48.5 Å². The van der Waals surface area contributed by atoms with Crippen molar-refractivity contribution in [2.45, 2.75) is 13.8 Å². The van der Waals surface area contributed by atoms with Crippen LogP contribution in [-0.2, 0) is 11.7 Å². The molecule has 2 rings (SSSR count). The first kappa shape index (κ1) is 17.6. The Labute approximate surface area is 134 Å². The molecule has 17 heavy (non-hydrogen) atoms. The molecule has 0 nitrogen and oxygen atoms in total. The van der Waals surface area contributed by atoms with Crippen molar-refractivity contribution in [1.29, 1.82) is 0 Å². The van der Waals surface area contributed by atoms with Crippen molar-refractivity contribution in [2.75, 3.05) is 0 Å². The molecule has 0 saturated carbocycles. The molecule has 0 fully saturated rings. The Hall–Kier alpha value is 0.614. The zero-order valence-electron chi connectivity index (χ0n) is 9.87. The summed E-state index contributed by atoms with van der Waals surface area (Å²) in [6.07, 6.45) is 0. The Balaban J connectivity index is 0.000000247. The van der Waals surface area contributed by atoms with Crippen molar-refractivity contribution in [2.24, 2.45) is 0 Å². The Morgan fingerprint density at radius 3 is 1.12 bits per heavy atom. The van der Waals surface area contributed by atoms with Gasteiger partial charge in [0.25, 0.3) is 0 Å². The Bertz CT molecular complexity index is 325. The van der Waals surface area contributed by atoms with Crippen LogP contribution in [-0.4, -0.2) is 0 Å². The average molecular weight is 484 g/mol. The van der Waals surface area contributed by atoms with Gasteiger partial charge >= 0.3 is 50.0 Å². The van der Waals surface area contributed by atoms with Crippen LogP contribution >= 0.6 is 38.4 Å². The first-order valence-electron chi connectivity index (χ1n) is 5.02. The minimum absolute atomic E-state index is 0.440. The average Bonchev–Trinajstić information content (AvgIpc) is 2.33. The fourth-order valence-corrected chi connectivity index (χ4v) is 0.940. The number of halogens is 2. The Morgan fingerprint density at radius 2 is 1.00 bits per heavy atom. The van der Waals surface area contributed by atoms with E-state index in [0.717, 1.165) is 0 Å². The summed E-state index contributed by atoms with van der Waals surface area (Å²) in [6.45, 7) is 4.13. The van der Waals surface area contributed by atoms with Gasteiger partial charge in [0.1, 0.15) is 0 Å². The summed E-state index contributed by atoms with van der Waals surface area (Å²) in [5, 5.41) is 0. The normalized spacial score (nSPS) is 8.00. The Morgan fingerprint density at radius 1 is 0.765 bits per heavy atom. The molecule has 0 aliphatic heterocycles. The van der Waals surface area contributed by atoms with E-state index in [9.17, 15) is 0 Å². The zero-order chi connectivity index (χ0) is 12.9. The van der Waals surface area contributed by atoms with Gasteiger partial charge in [0.05, 0.1) is 0 Å². The summed E-state index contributed by atoms with van der Waals surface area (Å²) in [7, 11) is 0. The van der Waals surface area contributed by atoms with Gasteiger partial charge in [-0.2, -0.15) is 71.8 Å². The van der Waals surface area contributed by atoms with Gasteiger partial charge in [-0.15, -0.1) is 0 Å². The summed E-state index contributed by atoms with van der Waals surface area (Å²) in [4.78, 5) is 0. The molecule has 0 unspecified atom stereocenters. The van der Waals surface area contributed by atoms with Crippen LogP contribution in [0.2, 0.25) is 0 Å². The maximum atomic E-state index is 2.93. The topological polar surface area (TPSA) is 0 Å². The van der Waals surface area contributed by atoms with Crippen molar-refractivity contribution in [3.63, 3.8) is 0 Å². The number of hydrogen-bond acceptors (Lipinski definition) is 0. The third-order valence-electron chi connectivity index (χ3n) is 1.77. The molecule has 3 heteroatoms. The molecule has 0 aliphatic rings. The van der Waals surface area contributed by atoms with Crippen LogP contribution in [0.1, 0.15) is 11.1 Å². The number of aryl methyl sites for hydroxylation is 2. The van der Waals surface area contributed by atoms with Crippen molar-refractivity contribution >= 4 is 38.4 Å². The predicted molar refractivity (Wildman–Crippen MR) is 88.1 cm³/mol. The summed E-state index contributed by atoms with van der Waals surface area (Å²) in [6, 6.07) is 21.6. The van der Waals surface area contributed by atoms with E-state index in [1.54, 1.807) is 0 Å². The molecule has 90 valence electrons. The van der Waals surface area contributed by atoms with Crippen molar-refractivity contribution in [3.05, 3.63) is 71.8 Å². The number of rotatable bonds is 0.